The second-order valence-corrected chi connectivity index (χ2v) is 10.1. The number of hydrogen-bond acceptors (Lipinski definition) is 6. The average molecular weight is 432 g/mol. The summed E-state index contributed by atoms with van der Waals surface area (Å²) >= 11 is 0. The van der Waals surface area contributed by atoms with Gasteiger partial charge in [-0.25, -0.2) is 13.4 Å². The highest BCUT2D eigenvalue weighted by Gasteiger charge is 2.31. The molecule has 0 bridgehead atoms. The Balaban J connectivity index is 1.48. The van der Waals surface area contributed by atoms with Crippen LogP contribution in [0.4, 0.5) is 0 Å². The van der Waals surface area contributed by atoms with E-state index < -0.39 is 10.0 Å². The lowest BCUT2D eigenvalue weighted by molar-refractivity contribution is 0.126. The number of nitrogens with zero attached hydrogens (tertiary/aromatic N) is 3. The minimum atomic E-state index is -3.46. The van der Waals surface area contributed by atoms with Gasteiger partial charge in [0.15, 0.2) is 0 Å². The van der Waals surface area contributed by atoms with Gasteiger partial charge in [-0.15, -0.1) is 0 Å². The normalized spacial score (nSPS) is 18.8. The van der Waals surface area contributed by atoms with Crippen LogP contribution in [0.5, 0.6) is 5.88 Å². The molecule has 0 saturated carbocycles. The van der Waals surface area contributed by atoms with E-state index in [0.717, 1.165) is 29.9 Å². The summed E-state index contributed by atoms with van der Waals surface area (Å²) in [5.41, 5.74) is 2.06. The molecule has 2 aliphatic rings. The van der Waals surface area contributed by atoms with Crippen molar-refractivity contribution in [2.75, 3.05) is 26.3 Å². The van der Waals surface area contributed by atoms with E-state index in [0.29, 0.717) is 49.9 Å². The van der Waals surface area contributed by atoms with Gasteiger partial charge in [-0.2, -0.15) is 9.29 Å². The van der Waals surface area contributed by atoms with Gasteiger partial charge >= 0.3 is 0 Å². The van der Waals surface area contributed by atoms with Crippen LogP contribution in [0, 0.1) is 0 Å². The van der Waals surface area contributed by atoms with Gasteiger partial charge in [0.1, 0.15) is 11.9 Å². The number of rotatable bonds is 5. The van der Waals surface area contributed by atoms with Gasteiger partial charge in [0.05, 0.1) is 23.8 Å². The molecule has 7 nitrogen and oxygen atoms in total. The summed E-state index contributed by atoms with van der Waals surface area (Å²) in [4.78, 5) is 9.80. The van der Waals surface area contributed by atoms with Gasteiger partial charge in [-0.1, -0.05) is 32.0 Å². The van der Waals surface area contributed by atoms with E-state index in [9.17, 15) is 8.42 Å². The third kappa shape index (κ3) is 4.50. The van der Waals surface area contributed by atoms with Gasteiger partial charge in [0, 0.05) is 37.4 Å². The molecular formula is C22H29N3O4S. The number of aromatic nitrogens is 2. The number of ether oxygens (including phenoxy) is 2. The predicted molar refractivity (Wildman–Crippen MR) is 113 cm³/mol. The summed E-state index contributed by atoms with van der Waals surface area (Å²) in [6.07, 6.45) is 2.72. The van der Waals surface area contributed by atoms with E-state index in [4.69, 9.17) is 19.4 Å². The van der Waals surface area contributed by atoms with Gasteiger partial charge in [-0.3, -0.25) is 0 Å². The molecule has 8 heteroatoms. The predicted octanol–water partition coefficient (Wildman–Crippen LogP) is 2.95. The lowest BCUT2D eigenvalue weighted by Gasteiger charge is -2.31. The minimum Gasteiger partial charge on any atom is -0.474 e. The van der Waals surface area contributed by atoms with Crippen LogP contribution in [0.25, 0.3) is 0 Å². The summed E-state index contributed by atoms with van der Waals surface area (Å²) in [5, 5.41) is 0. The van der Waals surface area contributed by atoms with Crippen LogP contribution in [-0.4, -0.2) is 55.1 Å². The molecule has 1 aromatic carbocycles. The van der Waals surface area contributed by atoms with Crippen molar-refractivity contribution in [2.45, 2.75) is 56.4 Å². The van der Waals surface area contributed by atoms with Gasteiger partial charge in [-0.05, 0) is 25.0 Å². The van der Waals surface area contributed by atoms with Crippen LogP contribution in [-0.2, 0) is 27.6 Å². The summed E-state index contributed by atoms with van der Waals surface area (Å²) in [6.45, 7) is 6.33. The van der Waals surface area contributed by atoms with E-state index in [1.807, 2.05) is 6.07 Å². The van der Waals surface area contributed by atoms with Gasteiger partial charge in [0.25, 0.3) is 0 Å². The van der Waals surface area contributed by atoms with Gasteiger partial charge < -0.3 is 9.47 Å². The highest BCUT2D eigenvalue weighted by Crippen LogP contribution is 2.29. The van der Waals surface area contributed by atoms with Crippen molar-refractivity contribution >= 4 is 10.0 Å². The van der Waals surface area contributed by atoms with Crippen LogP contribution < -0.4 is 4.74 Å². The number of piperidine rings is 1. The Morgan fingerprint density at radius 2 is 1.77 bits per heavy atom. The maximum absolute atomic E-state index is 12.9. The Bertz CT molecular complexity index is 971. The summed E-state index contributed by atoms with van der Waals surface area (Å²) in [7, 11) is -3.46. The second kappa shape index (κ2) is 8.99. The fourth-order valence-corrected chi connectivity index (χ4v) is 5.37. The number of benzene rings is 1. The highest BCUT2D eigenvalue weighted by atomic mass is 32.2. The first-order chi connectivity index (χ1) is 14.4. The molecule has 3 heterocycles. The topological polar surface area (TPSA) is 81.6 Å². The van der Waals surface area contributed by atoms with E-state index in [2.05, 4.69) is 13.8 Å². The molecule has 2 aliphatic heterocycles. The fraction of sp³-hybridized carbons (Fsp3) is 0.545. The SMILES string of the molecule is CC(C)c1nc2c(c(OC3CCN(S(=O)(=O)c4ccccc4)CC3)n1)CCOCC2. The number of sulfonamides is 1. The third-order valence-corrected chi connectivity index (χ3v) is 7.54. The van der Waals surface area contributed by atoms with Crippen molar-refractivity contribution in [3.63, 3.8) is 0 Å². The van der Waals surface area contributed by atoms with Crippen molar-refractivity contribution in [1.82, 2.24) is 14.3 Å². The Hall–Kier alpha value is -2.03. The zero-order valence-corrected chi connectivity index (χ0v) is 18.4. The maximum Gasteiger partial charge on any atom is 0.243 e. The van der Waals surface area contributed by atoms with Crippen LogP contribution in [0.2, 0.25) is 0 Å². The average Bonchev–Trinajstić information content (AvgIpc) is 3.00. The molecule has 4 rings (SSSR count). The lowest BCUT2D eigenvalue weighted by Crippen LogP contribution is -2.41. The largest absolute Gasteiger partial charge is 0.474 e. The van der Waals surface area contributed by atoms with Crippen LogP contribution in [0.1, 0.15) is 49.7 Å². The quantitative estimate of drug-likeness (QED) is 0.724. The zero-order chi connectivity index (χ0) is 21.1. The molecule has 2 aromatic rings. The molecule has 1 saturated heterocycles. The third-order valence-electron chi connectivity index (χ3n) is 5.63. The van der Waals surface area contributed by atoms with Crippen LogP contribution >= 0.6 is 0 Å². The molecule has 0 atom stereocenters. The van der Waals surface area contributed by atoms with Crippen molar-refractivity contribution in [3.8, 4) is 5.88 Å². The number of hydrogen-bond donors (Lipinski definition) is 0. The molecule has 0 aliphatic carbocycles. The first-order valence-electron chi connectivity index (χ1n) is 10.6. The fourth-order valence-electron chi connectivity index (χ4n) is 3.87. The van der Waals surface area contributed by atoms with E-state index >= 15 is 0 Å². The van der Waals surface area contributed by atoms with E-state index in [-0.39, 0.29) is 12.0 Å². The van der Waals surface area contributed by atoms with Crippen molar-refractivity contribution in [2.24, 2.45) is 0 Å². The highest BCUT2D eigenvalue weighted by molar-refractivity contribution is 7.89. The first kappa shape index (κ1) is 21.2. The molecule has 0 N–H and O–H groups in total. The molecule has 0 radical (unpaired) electrons. The minimum absolute atomic E-state index is 0.0598. The molecule has 162 valence electrons. The van der Waals surface area contributed by atoms with Crippen molar-refractivity contribution in [3.05, 3.63) is 47.4 Å². The zero-order valence-electron chi connectivity index (χ0n) is 17.6. The molecule has 0 amide bonds. The standard InChI is InChI=1S/C22H29N3O4S/c1-16(2)21-23-20-11-15-28-14-10-19(20)22(24-21)29-17-8-12-25(13-9-17)30(26,27)18-6-4-3-5-7-18/h3-7,16-17H,8-15H2,1-2H3. The van der Waals surface area contributed by atoms with E-state index in [1.165, 1.54) is 0 Å². The molecule has 30 heavy (non-hydrogen) atoms. The Morgan fingerprint density at radius 1 is 1.07 bits per heavy atom. The first-order valence-corrected chi connectivity index (χ1v) is 12.1. The molecule has 1 aromatic heterocycles. The van der Waals surface area contributed by atoms with E-state index in [1.54, 1.807) is 28.6 Å². The molecule has 1 fully saturated rings. The second-order valence-electron chi connectivity index (χ2n) is 8.11. The van der Waals surface area contributed by atoms with Crippen molar-refractivity contribution < 1.29 is 17.9 Å². The Labute approximate surface area is 178 Å². The summed E-state index contributed by atoms with van der Waals surface area (Å²) in [5.74, 6) is 1.65. The molecular weight excluding hydrogens is 402 g/mol. The molecule has 0 unspecified atom stereocenters. The number of fused-ring (bicyclic) bond motifs is 1. The maximum atomic E-state index is 12.9. The van der Waals surface area contributed by atoms with Crippen LogP contribution in [0.15, 0.2) is 35.2 Å². The Morgan fingerprint density at radius 3 is 2.47 bits per heavy atom. The summed E-state index contributed by atoms with van der Waals surface area (Å²) in [6, 6.07) is 8.60. The summed E-state index contributed by atoms with van der Waals surface area (Å²) < 4.78 is 39.2. The van der Waals surface area contributed by atoms with Gasteiger partial charge in [0.2, 0.25) is 15.9 Å². The monoisotopic (exact) mass is 431 g/mol. The smallest absolute Gasteiger partial charge is 0.243 e. The molecule has 0 spiro atoms. The lowest BCUT2D eigenvalue weighted by atomic mass is 10.1. The Kier molecular flexibility index (Phi) is 6.36. The van der Waals surface area contributed by atoms with Crippen LogP contribution in [0.3, 0.4) is 0 Å². The van der Waals surface area contributed by atoms with Crippen molar-refractivity contribution in [1.29, 1.82) is 0 Å².